The quantitative estimate of drug-likeness (QED) is 0.173. The molecule has 0 radical (unpaired) electrons. The molecule has 2 aromatic heterocycles. The van der Waals surface area contributed by atoms with Crippen LogP contribution in [0.2, 0.25) is 5.02 Å². The van der Waals surface area contributed by atoms with Crippen molar-refractivity contribution in [3.63, 3.8) is 0 Å². The molecule has 10 nitrogen and oxygen atoms in total. The third-order valence-corrected chi connectivity index (χ3v) is 5.31. The van der Waals surface area contributed by atoms with Crippen LogP contribution in [0.5, 0.6) is 0 Å². The second kappa shape index (κ2) is 13.5. The molecule has 0 bridgehead atoms. The summed E-state index contributed by atoms with van der Waals surface area (Å²) >= 11 is 5.62. The zero-order chi connectivity index (χ0) is 26.8. The van der Waals surface area contributed by atoms with E-state index < -0.39 is 12.9 Å². The number of carbonyl (C=O) groups excluding carboxylic acids is 1. The summed E-state index contributed by atoms with van der Waals surface area (Å²) in [4.78, 5) is 19.0. The van der Waals surface area contributed by atoms with E-state index in [1.165, 1.54) is 0 Å². The van der Waals surface area contributed by atoms with Gasteiger partial charge in [-0.3, -0.25) is 4.40 Å². The maximum absolute atomic E-state index is 10.1. The van der Waals surface area contributed by atoms with Crippen molar-refractivity contribution in [2.24, 2.45) is 0 Å². The van der Waals surface area contributed by atoms with Crippen LogP contribution in [-0.4, -0.2) is 54.9 Å². The second-order valence-corrected chi connectivity index (χ2v) is 8.01. The zero-order valence-electron chi connectivity index (χ0n) is 20.2. The number of carbonyl (C=O) groups is 1. The van der Waals surface area contributed by atoms with E-state index in [9.17, 15) is 9.90 Å². The summed E-state index contributed by atoms with van der Waals surface area (Å²) in [6, 6.07) is 12.6. The smallest absolute Gasteiger partial charge is 0.153 e. The Morgan fingerprint density at radius 1 is 1.14 bits per heavy atom. The Labute approximate surface area is 213 Å². The first-order valence-electron chi connectivity index (χ1n) is 10.8. The number of nitrogens with two attached hydrogens (primary N) is 1. The monoisotopic (exact) mass is 515 g/mol. The summed E-state index contributed by atoms with van der Waals surface area (Å²) < 4.78 is 1.82. The number of aryl methyl sites for hydroxylation is 2. The van der Waals surface area contributed by atoms with Crippen molar-refractivity contribution in [2.45, 2.75) is 26.6 Å². The number of fused-ring (bicyclic) bond motifs is 1. The summed E-state index contributed by atoms with van der Waals surface area (Å²) in [6.07, 6.45) is 1.24. The van der Waals surface area contributed by atoms with Gasteiger partial charge < -0.3 is 36.3 Å². The van der Waals surface area contributed by atoms with Crippen LogP contribution in [0.15, 0.2) is 48.7 Å². The number of halogens is 1. The molecule has 7 N–H and O–H groups in total. The maximum Gasteiger partial charge on any atom is 0.153 e. The molecule has 0 saturated heterocycles. The molecular weight excluding hydrogens is 486 g/mol. The van der Waals surface area contributed by atoms with Crippen molar-refractivity contribution < 1.29 is 25.2 Å². The van der Waals surface area contributed by atoms with Gasteiger partial charge in [0.25, 0.3) is 0 Å². The number of nitrogens with one attached hydrogen (secondary N) is 1. The lowest BCUT2D eigenvalue weighted by atomic mass is 10.0. The fourth-order valence-electron chi connectivity index (χ4n) is 3.47. The third kappa shape index (κ3) is 7.00. The average molecular weight is 516 g/mol. The molecule has 0 aliphatic rings. The molecule has 4 rings (SSSR count). The van der Waals surface area contributed by atoms with E-state index in [2.05, 4.69) is 21.4 Å². The Balaban J connectivity index is 0.000000273. The topological polar surface area (TPSA) is 166 Å². The van der Waals surface area contributed by atoms with Gasteiger partial charge in [-0.25, -0.2) is 9.97 Å². The molecule has 2 heterocycles. The Hall–Kier alpha value is -3.54. The highest BCUT2D eigenvalue weighted by Crippen LogP contribution is 2.32. The highest BCUT2D eigenvalue weighted by molar-refractivity contribution is 6.30. The number of nitrogens with zero attached hydrogens (tertiary/aromatic N) is 3. The Kier molecular flexibility index (Phi) is 10.8. The number of anilines is 2. The van der Waals surface area contributed by atoms with E-state index in [4.69, 9.17) is 32.7 Å². The molecule has 4 aromatic rings. The minimum absolute atomic E-state index is 0.155. The van der Waals surface area contributed by atoms with Gasteiger partial charge in [0, 0.05) is 29.5 Å². The molecule has 1 atom stereocenters. The van der Waals surface area contributed by atoms with Gasteiger partial charge in [-0.1, -0.05) is 29.8 Å². The number of hydrogen-bond acceptors (Lipinski definition) is 9. The number of aromatic nitrogens is 3. The highest BCUT2D eigenvalue weighted by atomic mass is 35.5. The minimum Gasteiger partial charge on any atom is -0.388 e. The molecule has 11 heteroatoms. The number of imidazole rings is 1. The van der Waals surface area contributed by atoms with Crippen LogP contribution in [0.4, 0.5) is 11.5 Å². The molecule has 2 aromatic carbocycles. The number of aliphatic hydroxyl groups is 4. The predicted molar refractivity (Wildman–Crippen MR) is 140 cm³/mol. The van der Waals surface area contributed by atoms with Crippen LogP contribution < -0.4 is 11.1 Å². The molecule has 0 aliphatic carbocycles. The van der Waals surface area contributed by atoms with Gasteiger partial charge in [0.1, 0.15) is 42.4 Å². The van der Waals surface area contributed by atoms with E-state index in [-0.39, 0.29) is 6.61 Å². The van der Waals surface area contributed by atoms with Crippen molar-refractivity contribution in [2.75, 3.05) is 24.9 Å². The summed E-state index contributed by atoms with van der Waals surface area (Å²) in [7, 11) is 1.88. The lowest BCUT2D eigenvalue weighted by molar-refractivity contribution is -0.115. The molecular formula is C25H30ClN5O5. The predicted octanol–water partition coefficient (Wildman–Crippen LogP) is 2.63. The number of nitrogen functional groups attached to an aromatic ring is 1. The van der Waals surface area contributed by atoms with E-state index in [0.29, 0.717) is 28.5 Å². The van der Waals surface area contributed by atoms with Crippen LogP contribution in [0, 0.1) is 13.8 Å². The first kappa shape index (κ1) is 28.7. The van der Waals surface area contributed by atoms with Crippen molar-refractivity contribution in [3.8, 4) is 11.3 Å². The van der Waals surface area contributed by atoms with Gasteiger partial charge in [0.2, 0.25) is 0 Å². The van der Waals surface area contributed by atoms with Crippen LogP contribution in [0.1, 0.15) is 28.7 Å². The number of benzene rings is 2. The lowest BCUT2D eigenvalue weighted by Gasteiger charge is -2.08. The molecule has 36 heavy (non-hydrogen) atoms. The van der Waals surface area contributed by atoms with E-state index in [1.807, 2.05) is 43.6 Å². The number of rotatable bonds is 5. The fourth-order valence-corrected chi connectivity index (χ4v) is 3.67. The Bertz CT molecular complexity index is 1310. The van der Waals surface area contributed by atoms with Crippen LogP contribution in [-0.2, 0) is 11.4 Å². The van der Waals surface area contributed by atoms with Crippen molar-refractivity contribution in [1.29, 1.82) is 0 Å². The van der Waals surface area contributed by atoms with Gasteiger partial charge in [0.05, 0.1) is 5.69 Å². The van der Waals surface area contributed by atoms with Gasteiger partial charge in [-0.15, -0.1) is 0 Å². The lowest BCUT2D eigenvalue weighted by Crippen LogP contribution is -2.01. The number of aliphatic hydroxyl groups excluding tert-OH is 3. The summed E-state index contributed by atoms with van der Waals surface area (Å²) in [5, 5.41) is 36.5. The SMILES string of the molecule is CNc1ccc(-c2nc(CO)n3cc(C)nc(N)c23)c(C)c1.O=CC(O)c1cccc(Cl)c1.OCO. The fraction of sp³-hybridized carbons (Fsp3) is 0.240. The molecule has 0 saturated carbocycles. The zero-order valence-corrected chi connectivity index (χ0v) is 20.9. The van der Waals surface area contributed by atoms with Crippen molar-refractivity contribution in [1.82, 2.24) is 14.4 Å². The third-order valence-electron chi connectivity index (χ3n) is 5.07. The average Bonchev–Trinajstić information content (AvgIpc) is 3.22. The van der Waals surface area contributed by atoms with Gasteiger partial charge in [-0.05, 0) is 49.2 Å². The molecule has 0 amide bonds. The normalized spacial score (nSPS) is 11.1. The minimum atomic E-state index is -1.06. The Morgan fingerprint density at radius 2 is 1.83 bits per heavy atom. The van der Waals surface area contributed by atoms with Gasteiger partial charge in [-0.2, -0.15) is 0 Å². The number of hydrogen-bond donors (Lipinski definition) is 6. The molecule has 0 spiro atoms. The standard InChI is InChI=1S/C16H19N5O.C8H7ClO2.CH4O2/c1-9-6-11(18-3)4-5-12(9)14-15-16(17)19-10(2)7-21(15)13(8-22)20-14;9-7-3-1-2-6(4-7)8(11)5-10;2-1-3/h4-7,18,22H,8H2,1-3H3,(H2,17,19);1-5,8,11H;2-3H,1H2. The van der Waals surface area contributed by atoms with Crippen molar-refractivity contribution >= 4 is 34.9 Å². The summed E-state index contributed by atoms with van der Waals surface area (Å²) in [6.45, 7) is 2.99. The number of aldehydes is 1. The van der Waals surface area contributed by atoms with E-state index in [0.717, 1.165) is 33.7 Å². The largest absolute Gasteiger partial charge is 0.388 e. The Morgan fingerprint density at radius 3 is 2.39 bits per heavy atom. The molecule has 0 aliphatic heterocycles. The van der Waals surface area contributed by atoms with Crippen LogP contribution in [0.25, 0.3) is 16.8 Å². The summed E-state index contributed by atoms with van der Waals surface area (Å²) in [5.41, 5.74) is 12.0. The van der Waals surface area contributed by atoms with Gasteiger partial charge >= 0.3 is 0 Å². The highest BCUT2D eigenvalue weighted by Gasteiger charge is 2.17. The van der Waals surface area contributed by atoms with Crippen LogP contribution in [0.3, 0.4) is 0 Å². The van der Waals surface area contributed by atoms with Crippen LogP contribution >= 0.6 is 11.6 Å². The van der Waals surface area contributed by atoms with E-state index in [1.54, 1.807) is 24.3 Å². The maximum atomic E-state index is 10.1. The second-order valence-electron chi connectivity index (χ2n) is 7.58. The first-order valence-corrected chi connectivity index (χ1v) is 11.2. The van der Waals surface area contributed by atoms with E-state index >= 15 is 0 Å². The first-order chi connectivity index (χ1) is 17.2. The summed E-state index contributed by atoms with van der Waals surface area (Å²) in [5.74, 6) is 0.971. The molecule has 1 unspecified atom stereocenters. The van der Waals surface area contributed by atoms with Gasteiger partial charge in [0.15, 0.2) is 6.29 Å². The van der Waals surface area contributed by atoms with Crippen molar-refractivity contribution in [3.05, 3.63) is 76.3 Å². The molecule has 0 fully saturated rings. The molecule has 192 valence electrons.